The first-order chi connectivity index (χ1) is 52.6. The number of anilines is 6. The highest BCUT2D eigenvalue weighted by atomic mass is 32.1. The van der Waals surface area contributed by atoms with E-state index >= 15 is 0 Å². The molecular weight excluding hydrogens is 1310 g/mol. The molecular formula is C100H68N4OS. The van der Waals surface area contributed by atoms with Crippen LogP contribution in [0.25, 0.3) is 142 Å². The number of aromatic nitrogens is 2. The zero-order valence-electron chi connectivity index (χ0n) is 57.9. The number of hydrogen-bond acceptors (Lipinski definition) is 4. The Labute approximate surface area is 619 Å². The zero-order chi connectivity index (χ0) is 70.3. The molecule has 4 heterocycles. The predicted octanol–water partition coefficient (Wildman–Crippen LogP) is 28.5. The van der Waals surface area contributed by atoms with Gasteiger partial charge in [0.05, 0.1) is 22.1 Å². The van der Waals surface area contributed by atoms with Crippen LogP contribution in [0.4, 0.5) is 34.1 Å². The van der Waals surface area contributed by atoms with E-state index in [1.807, 2.05) is 23.5 Å². The van der Waals surface area contributed by atoms with Crippen molar-refractivity contribution in [3.05, 3.63) is 413 Å². The third kappa shape index (κ3) is 11.8. The van der Waals surface area contributed by atoms with Crippen molar-refractivity contribution in [3.63, 3.8) is 0 Å². The predicted molar refractivity (Wildman–Crippen MR) is 449 cm³/mol. The van der Waals surface area contributed by atoms with E-state index in [1.54, 1.807) is 0 Å². The first kappa shape index (κ1) is 63.2. The monoisotopic (exact) mass is 1370 g/mol. The standard InChI is InChI=1S/C52H34N2OS.C48H34N2/c1-3-12-36(13-4-1)50-32-33-51(56-50)37-24-28-40(29-25-37)53(39-26-22-35(23-27-39)42-18-11-19-45-44-17-8-10-21-49(44)55-52(42)45)41-30-31-48-46(34-41)43-16-7-9-20-47(43)54(48)38-14-5-2-6-15-38;1-4-12-35(13-5-1)37-20-27-42(28-21-37)49(43-29-22-38(23-30-43)36-14-6-2-7-15-36)44-31-24-39(25-32-44)40-26-33-48-46(34-40)45-18-10-11-19-47(45)50(48)41-16-8-3-9-17-41/h1-34H;1-34H. The maximum Gasteiger partial charge on any atom is 0.143 e. The van der Waals surface area contributed by atoms with Crippen molar-refractivity contribution < 1.29 is 4.42 Å². The van der Waals surface area contributed by atoms with Gasteiger partial charge < -0.3 is 23.4 Å². The number of furan rings is 1. The lowest BCUT2D eigenvalue weighted by Gasteiger charge is -2.26. The maximum absolute atomic E-state index is 6.43. The highest BCUT2D eigenvalue weighted by molar-refractivity contribution is 7.18. The molecule has 0 N–H and O–H groups in total. The third-order valence-electron chi connectivity index (χ3n) is 20.5. The van der Waals surface area contributed by atoms with Crippen LogP contribution in [-0.4, -0.2) is 9.13 Å². The lowest BCUT2D eigenvalue weighted by molar-refractivity contribution is 0.670. The molecule has 0 atom stereocenters. The molecule has 0 spiro atoms. The second kappa shape index (κ2) is 27.5. The maximum atomic E-state index is 6.43. The van der Waals surface area contributed by atoms with Crippen LogP contribution in [-0.2, 0) is 0 Å². The van der Waals surface area contributed by atoms with E-state index in [4.69, 9.17) is 4.42 Å². The van der Waals surface area contributed by atoms with Gasteiger partial charge in [-0.2, -0.15) is 0 Å². The fourth-order valence-corrected chi connectivity index (χ4v) is 16.3. The summed E-state index contributed by atoms with van der Waals surface area (Å²) in [5.41, 5.74) is 27.4. The Kier molecular flexibility index (Phi) is 16.4. The molecule has 0 aliphatic carbocycles. The summed E-state index contributed by atoms with van der Waals surface area (Å²) < 4.78 is 11.2. The molecule has 0 saturated carbocycles. The van der Waals surface area contributed by atoms with Gasteiger partial charge in [0.2, 0.25) is 0 Å². The highest BCUT2D eigenvalue weighted by Crippen LogP contribution is 2.45. The van der Waals surface area contributed by atoms with Crippen LogP contribution >= 0.6 is 11.3 Å². The van der Waals surface area contributed by atoms with Crippen LogP contribution in [0.2, 0.25) is 0 Å². The van der Waals surface area contributed by atoms with Crippen LogP contribution in [0.15, 0.2) is 417 Å². The van der Waals surface area contributed by atoms with Crippen LogP contribution in [0, 0.1) is 0 Å². The number of nitrogens with zero attached hydrogens (tertiary/aromatic N) is 4. The normalized spacial score (nSPS) is 11.4. The van der Waals surface area contributed by atoms with Crippen molar-refractivity contribution >= 4 is 111 Å². The summed E-state index contributed by atoms with van der Waals surface area (Å²) in [5.74, 6) is 0. The second-order valence-corrected chi connectivity index (χ2v) is 27.8. The molecule has 500 valence electrons. The van der Waals surface area contributed by atoms with Gasteiger partial charge in [0.15, 0.2) is 0 Å². The minimum absolute atomic E-state index is 0.907. The summed E-state index contributed by atoms with van der Waals surface area (Å²) in [4.78, 5) is 7.23. The number of hydrogen-bond donors (Lipinski definition) is 0. The lowest BCUT2D eigenvalue weighted by Crippen LogP contribution is -2.09. The van der Waals surface area contributed by atoms with Crippen molar-refractivity contribution in [2.45, 2.75) is 0 Å². The topological polar surface area (TPSA) is 29.5 Å². The molecule has 5 nitrogen and oxygen atoms in total. The van der Waals surface area contributed by atoms with Gasteiger partial charge in [0.1, 0.15) is 11.2 Å². The van der Waals surface area contributed by atoms with E-state index in [0.717, 1.165) is 72.9 Å². The molecule has 0 bridgehead atoms. The number of thiophene rings is 1. The van der Waals surface area contributed by atoms with Crippen LogP contribution in [0.5, 0.6) is 0 Å². The quantitative estimate of drug-likeness (QED) is 0.109. The molecule has 0 fully saturated rings. The number of benzene rings is 16. The molecule has 0 radical (unpaired) electrons. The second-order valence-electron chi connectivity index (χ2n) is 26.8. The molecule has 20 rings (SSSR count). The van der Waals surface area contributed by atoms with Crippen LogP contribution in [0.3, 0.4) is 0 Å². The van der Waals surface area contributed by atoms with E-state index in [1.165, 1.54) is 104 Å². The summed E-state index contributed by atoms with van der Waals surface area (Å²) in [6.45, 7) is 0. The minimum atomic E-state index is 0.907. The molecule has 106 heavy (non-hydrogen) atoms. The smallest absolute Gasteiger partial charge is 0.143 e. The summed E-state index contributed by atoms with van der Waals surface area (Å²) in [6, 6.07) is 148. The van der Waals surface area contributed by atoms with Gasteiger partial charge in [-0.05, 0) is 196 Å². The van der Waals surface area contributed by atoms with Gasteiger partial charge >= 0.3 is 0 Å². The van der Waals surface area contributed by atoms with E-state index in [-0.39, 0.29) is 0 Å². The van der Waals surface area contributed by atoms with Crippen LogP contribution in [0.1, 0.15) is 0 Å². The number of fused-ring (bicyclic) bond motifs is 9. The fourth-order valence-electron chi connectivity index (χ4n) is 15.3. The third-order valence-corrected chi connectivity index (χ3v) is 21.6. The van der Waals surface area contributed by atoms with E-state index < -0.39 is 0 Å². The van der Waals surface area contributed by atoms with Gasteiger partial charge in [0, 0.05) is 93.1 Å². The molecule has 0 amide bonds. The average molecular weight is 1370 g/mol. The minimum Gasteiger partial charge on any atom is -0.455 e. The van der Waals surface area contributed by atoms with E-state index in [2.05, 4.69) is 419 Å². The number of rotatable bonds is 14. The van der Waals surface area contributed by atoms with Crippen molar-refractivity contribution in [1.82, 2.24) is 9.13 Å². The summed E-state index contributed by atoms with van der Waals surface area (Å²) >= 11 is 1.83. The SMILES string of the molecule is c1ccc(-c2ccc(-c3ccc(N(c4ccc(-c5cccc6c5oc5ccccc56)cc4)c4ccc5c(c4)c4ccccc4n5-c4ccccc4)cc3)s2)cc1.c1ccc(-c2ccc(N(c3ccc(-c4ccccc4)cc3)c3ccc(-c4ccc5c(c4)c4ccccc4n5-c4ccccc4)cc3)cc2)cc1. The molecule has 6 heteroatoms. The van der Waals surface area contributed by atoms with Crippen LogP contribution < -0.4 is 9.80 Å². The Morgan fingerprint density at radius 1 is 0.208 bits per heavy atom. The van der Waals surface area contributed by atoms with Gasteiger partial charge in [-0.3, -0.25) is 0 Å². The van der Waals surface area contributed by atoms with Crippen molar-refractivity contribution in [3.8, 4) is 76.8 Å². The largest absolute Gasteiger partial charge is 0.455 e. The molecule has 16 aromatic carbocycles. The van der Waals surface area contributed by atoms with Gasteiger partial charge in [0.25, 0.3) is 0 Å². The molecule has 4 aromatic heterocycles. The van der Waals surface area contributed by atoms with Crippen molar-refractivity contribution in [2.24, 2.45) is 0 Å². The van der Waals surface area contributed by atoms with Gasteiger partial charge in [-0.15, -0.1) is 11.3 Å². The number of para-hydroxylation sites is 6. The van der Waals surface area contributed by atoms with Gasteiger partial charge in [-0.25, -0.2) is 0 Å². The molecule has 0 unspecified atom stereocenters. The summed E-state index contributed by atoms with van der Waals surface area (Å²) in [7, 11) is 0. The van der Waals surface area contributed by atoms with Crippen molar-refractivity contribution in [1.29, 1.82) is 0 Å². The Balaban J connectivity index is 0.000000146. The van der Waals surface area contributed by atoms with Crippen molar-refractivity contribution in [2.75, 3.05) is 9.80 Å². The fraction of sp³-hybridized carbons (Fsp3) is 0. The summed E-state index contributed by atoms with van der Waals surface area (Å²) in [5, 5.41) is 7.22. The molecule has 20 aromatic rings. The lowest BCUT2D eigenvalue weighted by atomic mass is 10.0. The Hall–Kier alpha value is -13.8. The first-order valence-electron chi connectivity index (χ1n) is 36.0. The average Bonchev–Trinajstić information content (AvgIpc) is 1.60. The Morgan fingerprint density at radius 2 is 0.538 bits per heavy atom. The highest BCUT2D eigenvalue weighted by Gasteiger charge is 2.21. The first-order valence-corrected chi connectivity index (χ1v) is 36.8. The molecule has 0 saturated heterocycles. The van der Waals surface area contributed by atoms with E-state index in [9.17, 15) is 0 Å². The zero-order valence-corrected chi connectivity index (χ0v) is 58.7. The van der Waals surface area contributed by atoms with Gasteiger partial charge in [-0.1, -0.05) is 267 Å². The van der Waals surface area contributed by atoms with E-state index in [0.29, 0.717) is 0 Å². The Morgan fingerprint density at radius 3 is 1.04 bits per heavy atom. The molecule has 0 aliphatic heterocycles. The Bertz CT molecular complexity index is 6420. The summed E-state index contributed by atoms with van der Waals surface area (Å²) in [6.07, 6.45) is 0. The molecule has 0 aliphatic rings.